The van der Waals surface area contributed by atoms with Crippen molar-refractivity contribution in [3.63, 3.8) is 0 Å². The van der Waals surface area contributed by atoms with E-state index in [1.54, 1.807) is 0 Å². The lowest BCUT2D eigenvalue weighted by Crippen LogP contribution is -2.05. The summed E-state index contributed by atoms with van der Waals surface area (Å²) >= 11 is 0. The van der Waals surface area contributed by atoms with Crippen molar-refractivity contribution in [2.75, 3.05) is 19.8 Å². The first-order chi connectivity index (χ1) is 12.3. The molecule has 0 amide bonds. The van der Waals surface area contributed by atoms with Crippen LogP contribution in [0.4, 0.5) is 0 Å². The van der Waals surface area contributed by atoms with Gasteiger partial charge in [-0.15, -0.1) is 0 Å². The lowest BCUT2D eigenvalue weighted by Gasteiger charge is -2.13. The molecule has 0 aromatic heterocycles. The van der Waals surface area contributed by atoms with Gasteiger partial charge in [0.05, 0.1) is 0 Å². The van der Waals surface area contributed by atoms with Crippen molar-refractivity contribution in [1.82, 2.24) is 0 Å². The van der Waals surface area contributed by atoms with Crippen molar-refractivity contribution < 1.29 is 10.2 Å². The summed E-state index contributed by atoms with van der Waals surface area (Å²) in [6.07, 6.45) is 24.5. The van der Waals surface area contributed by atoms with E-state index in [0.717, 1.165) is 25.8 Å². The molecule has 0 aliphatic heterocycles. The molecule has 3 heteroatoms. The first-order valence-corrected chi connectivity index (χ1v) is 10.9. The summed E-state index contributed by atoms with van der Waals surface area (Å²) in [5, 5.41) is 18.0. The first-order valence-electron chi connectivity index (χ1n) is 10.9. The molecule has 0 atom stereocenters. The van der Waals surface area contributed by atoms with Gasteiger partial charge in [0, 0.05) is 13.2 Å². The zero-order valence-corrected chi connectivity index (χ0v) is 16.6. The summed E-state index contributed by atoms with van der Waals surface area (Å²) in [7, 11) is 0. The Morgan fingerprint density at radius 2 is 1.00 bits per heavy atom. The van der Waals surface area contributed by atoms with Crippen LogP contribution < -0.4 is 5.73 Å². The third kappa shape index (κ3) is 19.8. The Morgan fingerprint density at radius 3 is 1.48 bits per heavy atom. The topological polar surface area (TPSA) is 66.5 Å². The van der Waals surface area contributed by atoms with Gasteiger partial charge in [-0.3, -0.25) is 0 Å². The molecule has 0 rings (SSSR count). The van der Waals surface area contributed by atoms with Gasteiger partial charge in [0.2, 0.25) is 0 Å². The van der Waals surface area contributed by atoms with Gasteiger partial charge in [0.1, 0.15) is 0 Å². The lowest BCUT2D eigenvalue weighted by molar-refractivity contribution is 0.207. The molecule has 0 heterocycles. The van der Waals surface area contributed by atoms with Crippen LogP contribution in [-0.2, 0) is 0 Å². The highest BCUT2D eigenvalue weighted by Gasteiger charge is 2.06. The number of allylic oxidation sites excluding steroid dienone is 2. The van der Waals surface area contributed by atoms with Crippen LogP contribution in [0.25, 0.3) is 0 Å². The Morgan fingerprint density at radius 1 is 0.560 bits per heavy atom. The van der Waals surface area contributed by atoms with Crippen LogP contribution in [0.5, 0.6) is 0 Å². The van der Waals surface area contributed by atoms with Crippen molar-refractivity contribution in [2.45, 2.75) is 103 Å². The number of hydrogen-bond donors (Lipinski definition) is 3. The molecular formula is C22H45NO2. The molecule has 0 aromatic carbocycles. The van der Waals surface area contributed by atoms with Crippen LogP contribution in [0.2, 0.25) is 0 Å². The number of aliphatic hydroxyl groups is 2. The van der Waals surface area contributed by atoms with Crippen molar-refractivity contribution in [1.29, 1.82) is 0 Å². The number of unbranched alkanes of at least 4 members (excludes halogenated alkanes) is 11. The molecule has 4 N–H and O–H groups in total. The minimum Gasteiger partial charge on any atom is -0.396 e. The number of rotatable bonds is 20. The zero-order chi connectivity index (χ0) is 18.4. The maximum Gasteiger partial charge on any atom is 0.0433 e. The fraction of sp³-hybridized carbons (Fsp3) is 0.909. The average molecular weight is 356 g/mol. The van der Waals surface area contributed by atoms with E-state index in [1.165, 1.54) is 83.5 Å². The molecule has 150 valence electrons. The Kier molecular flexibility index (Phi) is 21.3. The second kappa shape index (κ2) is 21.7. The molecule has 3 nitrogen and oxygen atoms in total. The van der Waals surface area contributed by atoms with Gasteiger partial charge >= 0.3 is 0 Å². The molecule has 25 heavy (non-hydrogen) atoms. The average Bonchev–Trinajstić information content (AvgIpc) is 2.61. The fourth-order valence-electron chi connectivity index (χ4n) is 3.37. The fourth-order valence-corrected chi connectivity index (χ4v) is 3.37. The van der Waals surface area contributed by atoms with Crippen LogP contribution in [0.15, 0.2) is 12.2 Å². The van der Waals surface area contributed by atoms with E-state index in [1.807, 2.05) is 0 Å². The summed E-state index contributed by atoms with van der Waals surface area (Å²) in [6.45, 7) is 1.35. The highest BCUT2D eigenvalue weighted by Crippen LogP contribution is 2.18. The predicted molar refractivity (Wildman–Crippen MR) is 110 cm³/mol. The summed E-state index contributed by atoms with van der Waals surface area (Å²) in [5.41, 5.74) is 5.49. The van der Waals surface area contributed by atoms with Crippen LogP contribution in [0.1, 0.15) is 103 Å². The Balaban J connectivity index is 3.24. The minimum absolute atomic E-state index is 0.255. The maximum atomic E-state index is 9.01. The molecule has 0 bridgehead atoms. The van der Waals surface area contributed by atoms with Gasteiger partial charge in [-0.2, -0.15) is 0 Å². The summed E-state index contributed by atoms with van der Waals surface area (Å²) in [5.74, 6) is 0.513. The lowest BCUT2D eigenvalue weighted by atomic mass is 9.95. The molecule has 0 saturated carbocycles. The van der Waals surface area contributed by atoms with E-state index in [0.29, 0.717) is 5.92 Å². The molecule has 0 spiro atoms. The van der Waals surface area contributed by atoms with Gasteiger partial charge < -0.3 is 15.9 Å². The quantitative estimate of drug-likeness (QED) is 0.204. The molecule has 0 radical (unpaired) electrons. The van der Waals surface area contributed by atoms with E-state index in [-0.39, 0.29) is 13.2 Å². The van der Waals surface area contributed by atoms with Gasteiger partial charge in [-0.1, -0.05) is 69.9 Å². The molecule has 0 aromatic rings. The molecule has 0 fully saturated rings. The molecule has 0 unspecified atom stereocenters. The summed E-state index contributed by atoms with van der Waals surface area (Å²) < 4.78 is 0. The molecule has 0 aliphatic carbocycles. The van der Waals surface area contributed by atoms with Crippen LogP contribution in [-0.4, -0.2) is 30.0 Å². The van der Waals surface area contributed by atoms with E-state index >= 15 is 0 Å². The number of nitrogens with two attached hydrogens (primary N) is 1. The van der Waals surface area contributed by atoms with Crippen molar-refractivity contribution in [3.05, 3.63) is 12.2 Å². The molecule has 0 aliphatic rings. The van der Waals surface area contributed by atoms with Crippen LogP contribution >= 0.6 is 0 Å². The van der Waals surface area contributed by atoms with E-state index < -0.39 is 0 Å². The van der Waals surface area contributed by atoms with E-state index in [4.69, 9.17) is 15.9 Å². The maximum absolute atomic E-state index is 9.01. The van der Waals surface area contributed by atoms with Gasteiger partial charge in [-0.05, 0) is 57.4 Å². The van der Waals surface area contributed by atoms with E-state index in [2.05, 4.69) is 12.2 Å². The SMILES string of the molecule is NCCCCCCCC/C=C/CCCCCCCC(CCO)CCO. The van der Waals surface area contributed by atoms with Crippen molar-refractivity contribution >= 4 is 0 Å². The van der Waals surface area contributed by atoms with Gasteiger partial charge in [-0.25, -0.2) is 0 Å². The summed E-state index contributed by atoms with van der Waals surface area (Å²) in [6, 6.07) is 0. The number of aliphatic hydroxyl groups excluding tert-OH is 2. The highest BCUT2D eigenvalue weighted by molar-refractivity contribution is 4.81. The van der Waals surface area contributed by atoms with Gasteiger partial charge in [0.15, 0.2) is 0 Å². The third-order valence-electron chi connectivity index (χ3n) is 5.05. The summed E-state index contributed by atoms with van der Waals surface area (Å²) in [4.78, 5) is 0. The number of hydrogen-bond acceptors (Lipinski definition) is 3. The standard InChI is InChI=1S/C22H45NO2/c23-19-15-13-11-9-7-5-3-1-2-4-6-8-10-12-14-16-22(17-20-24)18-21-25/h1-2,22,24-25H,3-21,23H2/b2-1+. The van der Waals surface area contributed by atoms with Gasteiger partial charge in [0.25, 0.3) is 0 Å². The Hall–Kier alpha value is -0.380. The third-order valence-corrected chi connectivity index (χ3v) is 5.05. The van der Waals surface area contributed by atoms with Crippen molar-refractivity contribution in [3.8, 4) is 0 Å². The molecule has 0 saturated heterocycles. The minimum atomic E-state index is 0.255. The Bertz CT molecular complexity index is 263. The second-order valence-corrected chi connectivity index (χ2v) is 7.41. The van der Waals surface area contributed by atoms with Crippen LogP contribution in [0.3, 0.4) is 0 Å². The predicted octanol–water partition coefficient (Wildman–Crippen LogP) is 5.34. The highest BCUT2D eigenvalue weighted by atomic mass is 16.3. The first kappa shape index (κ1) is 24.6. The van der Waals surface area contributed by atoms with Crippen LogP contribution in [0, 0.1) is 5.92 Å². The molecular weight excluding hydrogens is 310 g/mol. The smallest absolute Gasteiger partial charge is 0.0433 e. The normalized spacial score (nSPS) is 11.8. The zero-order valence-electron chi connectivity index (χ0n) is 16.6. The van der Waals surface area contributed by atoms with E-state index in [9.17, 15) is 0 Å². The monoisotopic (exact) mass is 355 g/mol. The largest absolute Gasteiger partial charge is 0.396 e. The Labute approximate surface area is 157 Å². The second-order valence-electron chi connectivity index (χ2n) is 7.41. The van der Waals surface area contributed by atoms with Crippen molar-refractivity contribution in [2.24, 2.45) is 11.7 Å².